The summed E-state index contributed by atoms with van der Waals surface area (Å²) in [5.41, 5.74) is 2.16. The molecule has 0 radical (unpaired) electrons. The van der Waals surface area contributed by atoms with Crippen LogP contribution in [0.3, 0.4) is 0 Å². The van der Waals surface area contributed by atoms with Crippen LogP contribution in [-0.2, 0) is 4.79 Å². The van der Waals surface area contributed by atoms with Crippen LogP contribution in [0.5, 0.6) is 0 Å². The second-order valence-electron chi connectivity index (χ2n) is 5.79. The second kappa shape index (κ2) is 7.41. The Bertz CT molecular complexity index is 893. The molecule has 8 nitrogen and oxygen atoms in total. The van der Waals surface area contributed by atoms with Gasteiger partial charge < -0.3 is 10.6 Å². The number of benzene rings is 1. The molecule has 132 valence electrons. The van der Waals surface area contributed by atoms with Crippen LogP contribution >= 0.6 is 11.9 Å². The number of aromatic nitrogens is 2. The molecular weight excluding hydrogens is 352 g/mol. The van der Waals surface area contributed by atoms with E-state index in [2.05, 4.69) is 20.6 Å². The van der Waals surface area contributed by atoms with Crippen molar-refractivity contribution in [3.63, 3.8) is 0 Å². The SMILES string of the molecule is Cc1ccc2c(c1)SN(CC(=O)NC(C)c1ncc(C#N)cn1)C(=O)N2. The van der Waals surface area contributed by atoms with Gasteiger partial charge in [0.1, 0.15) is 18.4 Å². The standard InChI is InChI=1S/C17H16N6O2S/c1-10-3-4-13-14(5-10)26-23(17(25)22-13)9-15(24)21-11(2)16-19-7-12(6-18)8-20-16/h3-5,7-8,11H,9H2,1-2H3,(H,21,24)(H,22,25). The van der Waals surface area contributed by atoms with Gasteiger partial charge in [-0.2, -0.15) is 5.26 Å². The molecule has 1 aromatic heterocycles. The van der Waals surface area contributed by atoms with E-state index in [-0.39, 0.29) is 18.5 Å². The van der Waals surface area contributed by atoms with Gasteiger partial charge in [-0.3, -0.25) is 9.10 Å². The van der Waals surface area contributed by atoms with Crippen molar-refractivity contribution in [2.24, 2.45) is 0 Å². The Labute approximate surface area is 154 Å². The molecule has 2 N–H and O–H groups in total. The highest BCUT2D eigenvalue weighted by atomic mass is 32.2. The molecule has 26 heavy (non-hydrogen) atoms. The third-order valence-corrected chi connectivity index (χ3v) is 4.72. The van der Waals surface area contributed by atoms with Crippen LogP contribution in [0.1, 0.15) is 29.9 Å². The summed E-state index contributed by atoms with van der Waals surface area (Å²) in [5.74, 6) is 0.0679. The average Bonchev–Trinajstić information content (AvgIpc) is 2.62. The van der Waals surface area contributed by atoms with Crippen LogP contribution in [0.25, 0.3) is 0 Å². The topological polar surface area (TPSA) is 111 Å². The maximum absolute atomic E-state index is 12.3. The highest BCUT2D eigenvalue weighted by Gasteiger charge is 2.26. The molecule has 3 amide bonds. The summed E-state index contributed by atoms with van der Waals surface area (Å²) >= 11 is 1.23. The molecule has 0 saturated carbocycles. The molecule has 3 rings (SSSR count). The molecule has 0 bridgehead atoms. The number of anilines is 1. The van der Waals surface area contributed by atoms with E-state index in [1.165, 1.54) is 28.6 Å². The van der Waals surface area contributed by atoms with Gasteiger partial charge in [0.05, 0.1) is 22.2 Å². The molecule has 0 spiro atoms. The lowest BCUT2D eigenvalue weighted by molar-refractivity contribution is -0.121. The molecule has 0 fully saturated rings. The number of amides is 3. The first-order valence-corrected chi connectivity index (χ1v) is 8.62. The number of nitrogens with zero attached hydrogens (tertiary/aromatic N) is 4. The van der Waals surface area contributed by atoms with E-state index in [1.54, 1.807) is 6.92 Å². The number of fused-ring (bicyclic) bond motifs is 1. The van der Waals surface area contributed by atoms with E-state index in [1.807, 2.05) is 31.2 Å². The summed E-state index contributed by atoms with van der Waals surface area (Å²) in [6.45, 7) is 3.60. The van der Waals surface area contributed by atoms with Crippen LogP contribution in [0, 0.1) is 18.3 Å². The largest absolute Gasteiger partial charge is 0.345 e. The van der Waals surface area contributed by atoms with E-state index in [4.69, 9.17) is 5.26 Å². The van der Waals surface area contributed by atoms with Crippen molar-refractivity contribution >= 4 is 29.6 Å². The summed E-state index contributed by atoms with van der Waals surface area (Å²) in [6, 6.07) is 6.87. The lowest BCUT2D eigenvalue weighted by Gasteiger charge is -2.28. The lowest BCUT2D eigenvalue weighted by Crippen LogP contribution is -2.41. The minimum absolute atomic E-state index is 0.107. The zero-order chi connectivity index (χ0) is 18.7. The minimum atomic E-state index is -0.442. The first-order valence-electron chi connectivity index (χ1n) is 7.85. The summed E-state index contributed by atoms with van der Waals surface area (Å²) in [5, 5.41) is 14.3. The number of aryl methyl sites for hydroxylation is 1. The first-order chi connectivity index (χ1) is 12.5. The van der Waals surface area contributed by atoms with Crippen LogP contribution in [0.2, 0.25) is 0 Å². The second-order valence-corrected chi connectivity index (χ2v) is 6.85. The van der Waals surface area contributed by atoms with Crippen molar-refractivity contribution < 1.29 is 9.59 Å². The molecule has 1 atom stereocenters. The summed E-state index contributed by atoms with van der Waals surface area (Å²) in [6.07, 6.45) is 2.80. The van der Waals surface area contributed by atoms with Crippen molar-refractivity contribution in [1.29, 1.82) is 5.26 Å². The van der Waals surface area contributed by atoms with Gasteiger partial charge in [-0.25, -0.2) is 14.8 Å². The summed E-state index contributed by atoms with van der Waals surface area (Å²) in [4.78, 5) is 33.5. The molecular formula is C17H16N6O2S. The molecule has 9 heteroatoms. The van der Waals surface area contributed by atoms with Gasteiger partial charge in [0, 0.05) is 12.4 Å². The van der Waals surface area contributed by atoms with E-state index in [0.29, 0.717) is 11.4 Å². The van der Waals surface area contributed by atoms with E-state index in [9.17, 15) is 9.59 Å². The maximum atomic E-state index is 12.3. The average molecular weight is 368 g/mol. The zero-order valence-electron chi connectivity index (χ0n) is 14.2. The molecule has 2 heterocycles. The molecule has 2 aromatic rings. The monoisotopic (exact) mass is 368 g/mol. The van der Waals surface area contributed by atoms with Gasteiger partial charge in [0.15, 0.2) is 0 Å². The normalized spacial score (nSPS) is 14.0. The molecule has 0 saturated heterocycles. The van der Waals surface area contributed by atoms with Crippen LogP contribution in [0.4, 0.5) is 10.5 Å². The Kier molecular flexibility index (Phi) is 5.04. The number of urea groups is 1. The van der Waals surface area contributed by atoms with Gasteiger partial charge in [-0.1, -0.05) is 6.07 Å². The highest BCUT2D eigenvalue weighted by molar-refractivity contribution is 7.97. The number of nitriles is 1. The van der Waals surface area contributed by atoms with Gasteiger partial charge in [0.25, 0.3) is 0 Å². The zero-order valence-corrected chi connectivity index (χ0v) is 15.0. The lowest BCUT2D eigenvalue weighted by atomic mass is 10.2. The van der Waals surface area contributed by atoms with Crippen molar-refractivity contribution in [3.8, 4) is 6.07 Å². The van der Waals surface area contributed by atoms with Crippen LogP contribution in [0.15, 0.2) is 35.5 Å². The van der Waals surface area contributed by atoms with Crippen LogP contribution in [-0.4, -0.2) is 32.8 Å². The fraction of sp³-hybridized carbons (Fsp3) is 0.235. The number of hydrogen-bond donors (Lipinski definition) is 2. The van der Waals surface area contributed by atoms with Crippen molar-refractivity contribution in [3.05, 3.63) is 47.5 Å². The first kappa shape index (κ1) is 17.7. The van der Waals surface area contributed by atoms with E-state index >= 15 is 0 Å². The Balaban J connectivity index is 1.62. The third kappa shape index (κ3) is 3.92. The molecule has 1 aliphatic rings. The van der Waals surface area contributed by atoms with E-state index < -0.39 is 6.04 Å². The molecule has 1 aromatic carbocycles. The number of hydrogen-bond acceptors (Lipinski definition) is 6. The molecule has 1 aliphatic heterocycles. The Morgan fingerprint density at radius 1 is 1.42 bits per heavy atom. The van der Waals surface area contributed by atoms with Crippen molar-refractivity contribution in [2.45, 2.75) is 24.8 Å². The number of carbonyl (C=O) groups is 2. The molecule has 0 aliphatic carbocycles. The van der Waals surface area contributed by atoms with Crippen molar-refractivity contribution in [1.82, 2.24) is 19.6 Å². The van der Waals surface area contributed by atoms with Crippen molar-refractivity contribution in [2.75, 3.05) is 11.9 Å². The van der Waals surface area contributed by atoms with Gasteiger partial charge >= 0.3 is 6.03 Å². The molecule has 1 unspecified atom stereocenters. The van der Waals surface area contributed by atoms with Crippen LogP contribution < -0.4 is 10.6 Å². The van der Waals surface area contributed by atoms with Gasteiger partial charge in [-0.05, 0) is 43.5 Å². The third-order valence-electron chi connectivity index (χ3n) is 3.67. The van der Waals surface area contributed by atoms with Gasteiger partial charge in [0.2, 0.25) is 5.91 Å². The predicted octanol–water partition coefficient (Wildman–Crippen LogP) is 2.39. The summed E-state index contributed by atoms with van der Waals surface area (Å²) < 4.78 is 1.36. The minimum Gasteiger partial charge on any atom is -0.345 e. The Hall–Kier alpha value is -3.12. The fourth-order valence-electron chi connectivity index (χ4n) is 2.35. The number of nitrogens with one attached hydrogen (secondary N) is 2. The van der Waals surface area contributed by atoms with E-state index in [0.717, 1.165) is 16.1 Å². The predicted molar refractivity (Wildman–Crippen MR) is 96.1 cm³/mol. The number of carbonyl (C=O) groups excluding carboxylic acids is 2. The summed E-state index contributed by atoms with van der Waals surface area (Å²) in [7, 11) is 0. The quantitative estimate of drug-likeness (QED) is 0.802. The Morgan fingerprint density at radius 3 is 2.85 bits per heavy atom. The number of rotatable bonds is 4. The Morgan fingerprint density at radius 2 is 2.15 bits per heavy atom. The smallest absolute Gasteiger partial charge is 0.332 e. The highest BCUT2D eigenvalue weighted by Crippen LogP contribution is 2.35. The fourth-order valence-corrected chi connectivity index (χ4v) is 3.36. The van der Waals surface area contributed by atoms with Gasteiger partial charge in [-0.15, -0.1) is 0 Å². The maximum Gasteiger partial charge on any atom is 0.332 e.